The van der Waals surface area contributed by atoms with Crippen LogP contribution in [0.4, 0.5) is 10.1 Å². The Morgan fingerprint density at radius 2 is 1.80 bits per heavy atom. The normalized spacial score (nSPS) is 19.6. The number of benzene rings is 1. The predicted molar refractivity (Wildman–Crippen MR) is 115 cm³/mol. The van der Waals surface area contributed by atoms with E-state index >= 15 is 0 Å². The van der Waals surface area contributed by atoms with Crippen molar-refractivity contribution in [2.75, 3.05) is 25.0 Å². The van der Waals surface area contributed by atoms with Crippen LogP contribution in [0.15, 0.2) is 18.2 Å². The average molecular weight is 424 g/mol. The SMILES string of the molecule is CC.CC.O=C(O)CN1CCC(c2ccc(NC3CCC(=O)NC3=O)cc2F)CC1. The van der Waals surface area contributed by atoms with Crippen molar-refractivity contribution in [2.45, 2.75) is 65.3 Å². The van der Waals surface area contributed by atoms with Gasteiger partial charge in [-0.2, -0.15) is 0 Å². The largest absolute Gasteiger partial charge is 0.480 e. The maximum Gasteiger partial charge on any atom is 0.317 e. The lowest BCUT2D eigenvalue weighted by atomic mass is 9.89. The highest BCUT2D eigenvalue weighted by molar-refractivity contribution is 6.01. The first-order valence-corrected chi connectivity index (χ1v) is 10.8. The van der Waals surface area contributed by atoms with Crippen LogP contribution in [0.3, 0.4) is 0 Å². The van der Waals surface area contributed by atoms with Gasteiger partial charge in [-0.3, -0.25) is 24.6 Å². The van der Waals surface area contributed by atoms with E-state index in [9.17, 15) is 18.8 Å². The number of nitrogens with zero attached hydrogens (tertiary/aromatic N) is 1. The Balaban J connectivity index is 0.00000106. The summed E-state index contributed by atoms with van der Waals surface area (Å²) in [7, 11) is 0. The van der Waals surface area contributed by atoms with Crippen LogP contribution in [0.1, 0.15) is 64.9 Å². The first-order valence-electron chi connectivity index (χ1n) is 10.8. The molecule has 7 nitrogen and oxygen atoms in total. The van der Waals surface area contributed by atoms with E-state index in [1.807, 2.05) is 32.6 Å². The first-order chi connectivity index (χ1) is 14.4. The summed E-state index contributed by atoms with van der Waals surface area (Å²) < 4.78 is 14.6. The minimum absolute atomic E-state index is 0.0179. The number of rotatable bonds is 5. The summed E-state index contributed by atoms with van der Waals surface area (Å²) >= 11 is 0. The molecule has 2 heterocycles. The molecule has 0 radical (unpaired) electrons. The number of nitrogens with one attached hydrogen (secondary N) is 2. The van der Waals surface area contributed by atoms with Crippen LogP contribution in [0.25, 0.3) is 0 Å². The molecule has 2 saturated heterocycles. The Labute approximate surface area is 178 Å². The number of anilines is 1. The van der Waals surface area contributed by atoms with Gasteiger partial charge < -0.3 is 10.4 Å². The van der Waals surface area contributed by atoms with Crippen LogP contribution in [0, 0.1) is 5.82 Å². The topological polar surface area (TPSA) is 98.7 Å². The zero-order valence-electron chi connectivity index (χ0n) is 18.3. The Morgan fingerprint density at radius 1 is 1.17 bits per heavy atom. The van der Waals surface area contributed by atoms with Crippen LogP contribution in [-0.4, -0.2) is 53.5 Å². The number of halogens is 1. The number of aliphatic carboxylic acids is 1. The molecule has 1 unspecified atom stereocenters. The zero-order valence-corrected chi connectivity index (χ0v) is 18.3. The van der Waals surface area contributed by atoms with E-state index in [0.717, 1.165) is 0 Å². The molecule has 2 amide bonds. The van der Waals surface area contributed by atoms with Gasteiger partial charge in [-0.05, 0) is 56.0 Å². The molecule has 1 aromatic carbocycles. The predicted octanol–water partition coefficient (Wildman–Crippen LogP) is 3.36. The summed E-state index contributed by atoms with van der Waals surface area (Å²) in [6.07, 6.45) is 2.07. The summed E-state index contributed by atoms with van der Waals surface area (Å²) in [4.78, 5) is 35.6. The monoisotopic (exact) mass is 423 g/mol. The molecule has 168 valence electrons. The fourth-order valence-corrected chi connectivity index (χ4v) is 3.57. The van der Waals surface area contributed by atoms with Crippen LogP contribution in [0.5, 0.6) is 0 Å². The number of carbonyl (C=O) groups excluding carboxylic acids is 2. The van der Waals surface area contributed by atoms with Crippen molar-refractivity contribution in [3.8, 4) is 0 Å². The molecule has 0 spiro atoms. The summed E-state index contributed by atoms with van der Waals surface area (Å²) in [6, 6.07) is 4.30. The molecule has 8 heteroatoms. The van der Waals surface area contributed by atoms with Crippen LogP contribution in [0.2, 0.25) is 0 Å². The van der Waals surface area contributed by atoms with Crippen molar-refractivity contribution in [1.82, 2.24) is 10.2 Å². The third-order valence-electron chi connectivity index (χ3n) is 4.97. The molecule has 3 N–H and O–H groups in total. The zero-order chi connectivity index (χ0) is 22.7. The van der Waals surface area contributed by atoms with Gasteiger partial charge in [0.1, 0.15) is 11.9 Å². The molecule has 3 rings (SSSR count). The fraction of sp³-hybridized carbons (Fsp3) is 0.591. The highest BCUT2D eigenvalue weighted by Crippen LogP contribution is 2.31. The molecule has 1 aromatic rings. The van der Waals surface area contributed by atoms with Gasteiger partial charge in [0.05, 0.1) is 6.54 Å². The minimum Gasteiger partial charge on any atom is -0.480 e. The third-order valence-corrected chi connectivity index (χ3v) is 4.97. The van der Waals surface area contributed by atoms with Gasteiger partial charge in [0.25, 0.3) is 0 Å². The minimum atomic E-state index is -0.849. The molecule has 0 saturated carbocycles. The van der Waals surface area contributed by atoms with E-state index in [1.165, 1.54) is 6.07 Å². The highest BCUT2D eigenvalue weighted by Gasteiger charge is 2.27. The van der Waals surface area contributed by atoms with Crippen molar-refractivity contribution < 1.29 is 23.9 Å². The molecule has 2 fully saturated rings. The van der Waals surface area contributed by atoms with Crippen LogP contribution < -0.4 is 10.6 Å². The fourth-order valence-electron chi connectivity index (χ4n) is 3.57. The van der Waals surface area contributed by atoms with Gasteiger partial charge in [0.15, 0.2) is 0 Å². The lowest BCUT2D eigenvalue weighted by Crippen LogP contribution is -2.47. The molecule has 2 aliphatic rings. The molecule has 1 atom stereocenters. The second-order valence-corrected chi connectivity index (χ2v) is 6.83. The molecule has 2 aliphatic heterocycles. The van der Waals surface area contributed by atoms with Crippen molar-refractivity contribution in [1.29, 1.82) is 0 Å². The summed E-state index contributed by atoms with van der Waals surface area (Å²) in [5.74, 6) is -1.80. The lowest BCUT2D eigenvalue weighted by Gasteiger charge is -2.31. The van der Waals surface area contributed by atoms with Gasteiger partial charge >= 0.3 is 5.97 Å². The molecular weight excluding hydrogens is 389 g/mol. The molecular formula is C22H34FN3O4. The van der Waals surface area contributed by atoms with E-state index < -0.39 is 17.9 Å². The van der Waals surface area contributed by atoms with Crippen molar-refractivity contribution >= 4 is 23.5 Å². The van der Waals surface area contributed by atoms with E-state index in [4.69, 9.17) is 5.11 Å². The number of carboxylic acids is 1. The van der Waals surface area contributed by atoms with Crippen LogP contribution >= 0.6 is 0 Å². The van der Waals surface area contributed by atoms with Gasteiger partial charge in [0.2, 0.25) is 11.8 Å². The van der Waals surface area contributed by atoms with E-state index in [0.29, 0.717) is 43.6 Å². The van der Waals surface area contributed by atoms with E-state index in [-0.39, 0.29) is 30.6 Å². The Kier molecular flexibility index (Phi) is 11.0. The average Bonchev–Trinajstić information content (AvgIpc) is 2.74. The summed E-state index contributed by atoms with van der Waals surface area (Å²) in [5, 5.41) is 14.1. The molecule has 0 bridgehead atoms. The summed E-state index contributed by atoms with van der Waals surface area (Å²) in [5.41, 5.74) is 1.12. The molecule has 0 aliphatic carbocycles. The maximum absolute atomic E-state index is 14.6. The Bertz CT molecular complexity index is 718. The molecule has 30 heavy (non-hydrogen) atoms. The summed E-state index contributed by atoms with van der Waals surface area (Å²) in [6.45, 7) is 9.28. The quantitative estimate of drug-likeness (QED) is 0.628. The number of carbonyl (C=O) groups is 3. The number of hydrogen-bond acceptors (Lipinski definition) is 5. The van der Waals surface area contributed by atoms with Crippen molar-refractivity contribution in [2.24, 2.45) is 0 Å². The van der Waals surface area contributed by atoms with Gasteiger partial charge in [-0.25, -0.2) is 4.39 Å². The Morgan fingerprint density at radius 3 is 2.33 bits per heavy atom. The van der Waals surface area contributed by atoms with Crippen molar-refractivity contribution in [3.63, 3.8) is 0 Å². The van der Waals surface area contributed by atoms with Gasteiger partial charge in [0, 0.05) is 12.1 Å². The second kappa shape index (κ2) is 13.0. The highest BCUT2D eigenvalue weighted by atomic mass is 19.1. The standard InChI is InChI=1S/C18H22FN3O4.2C2H6/c19-14-9-12(20-15-3-4-16(23)21-18(15)26)1-2-13(14)11-5-7-22(8-6-11)10-17(24)25;2*1-2/h1-2,9,11,15,20H,3-8,10H2,(H,24,25)(H,21,23,26);2*1-2H3. The molecule has 0 aromatic heterocycles. The van der Waals surface area contributed by atoms with E-state index in [1.54, 1.807) is 12.1 Å². The van der Waals surface area contributed by atoms with Crippen molar-refractivity contribution in [3.05, 3.63) is 29.6 Å². The third kappa shape index (κ3) is 7.40. The number of carboxylic acid groups (broad SMARTS) is 1. The van der Waals surface area contributed by atoms with Gasteiger partial charge in [-0.1, -0.05) is 33.8 Å². The van der Waals surface area contributed by atoms with E-state index in [2.05, 4.69) is 10.6 Å². The number of amides is 2. The number of piperidine rings is 2. The smallest absolute Gasteiger partial charge is 0.317 e. The number of likely N-dealkylation sites (tertiary alicyclic amines) is 1. The number of imide groups is 1. The Hall–Kier alpha value is -2.48. The second-order valence-electron chi connectivity index (χ2n) is 6.83. The van der Waals surface area contributed by atoms with Gasteiger partial charge in [-0.15, -0.1) is 0 Å². The number of hydrogen-bond donors (Lipinski definition) is 3. The first kappa shape index (κ1) is 25.6. The lowest BCUT2D eigenvalue weighted by molar-refractivity contribution is -0.138. The van der Waals surface area contributed by atoms with Crippen LogP contribution in [-0.2, 0) is 14.4 Å². The maximum atomic E-state index is 14.6.